The summed E-state index contributed by atoms with van der Waals surface area (Å²) in [6.07, 6.45) is 12.0. The highest BCUT2D eigenvalue weighted by atomic mass is 16.1. The van der Waals surface area contributed by atoms with Gasteiger partial charge in [0.15, 0.2) is 5.78 Å². The van der Waals surface area contributed by atoms with Crippen LogP contribution in [-0.4, -0.2) is 19.9 Å². The highest BCUT2D eigenvalue weighted by molar-refractivity contribution is 5.92. The van der Waals surface area contributed by atoms with E-state index >= 15 is 0 Å². The molecule has 0 N–H and O–H groups in total. The summed E-state index contributed by atoms with van der Waals surface area (Å²) in [5, 5.41) is 0. The third kappa shape index (κ3) is 2.86. The molecule has 3 aliphatic rings. The maximum absolute atomic E-state index is 11.7. The molecule has 4 rings (SSSR count). The number of benzene rings is 1. The molecule has 0 fully saturated rings. The van der Waals surface area contributed by atoms with Crippen molar-refractivity contribution in [3.63, 3.8) is 0 Å². The van der Waals surface area contributed by atoms with Gasteiger partial charge in [0.2, 0.25) is 0 Å². The van der Waals surface area contributed by atoms with Crippen LogP contribution in [0.25, 0.3) is 5.57 Å². The fourth-order valence-electron chi connectivity index (χ4n) is 4.31. The predicted molar refractivity (Wildman–Crippen MR) is 100.0 cm³/mol. The molecule has 2 nitrogen and oxygen atoms in total. The topological polar surface area (TPSA) is 20.3 Å². The van der Waals surface area contributed by atoms with Gasteiger partial charge in [-0.1, -0.05) is 24.3 Å². The summed E-state index contributed by atoms with van der Waals surface area (Å²) in [5.74, 6) is 1.60. The average molecular weight is 319 g/mol. The van der Waals surface area contributed by atoms with E-state index in [1.54, 1.807) is 0 Å². The van der Waals surface area contributed by atoms with Crippen molar-refractivity contribution in [3.8, 4) is 0 Å². The zero-order valence-corrected chi connectivity index (χ0v) is 14.6. The first-order valence-corrected chi connectivity index (χ1v) is 9.04. The highest BCUT2D eigenvalue weighted by Crippen LogP contribution is 2.44. The molecule has 1 aromatic carbocycles. The molecule has 0 radical (unpaired) electrons. The van der Waals surface area contributed by atoms with Crippen LogP contribution in [0.15, 0.2) is 53.6 Å². The van der Waals surface area contributed by atoms with E-state index in [9.17, 15) is 4.79 Å². The van der Waals surface area contributed by atoms with Crippen LogP contribution in [-0.2, 0) is 4.79 Å². The van der Waals surface area contributed by atoms with Gasteiger partial charge in [-0.15, -0.1) is 0 Å². The van der Waals surface area contributed by atoms with E-state index < -0.39 is 0 Å². The fraction of sp³-hybridized carbons (Fsp3) is 0.409. The first kappa shape index (κ1) is 15.4. The van der Waals surface area contributed by atoms with Gasteiger partial charge in [0.05, 0.1) is 0 Å². The lowest BCUT2D eigenvalue weighted by Crippen LogP contribution is -2.23. The van der Waals surface area contributed by atoms with Crippen LogP contribution in [0, 0.1) is 11.8 Å². The van der Waals surface area contributed by atoms with E-state index in [1.165, 1.54) is 40.8 Å². The molecular weight excluding hydrogens is 294 g/mol. The molecule has 3 aliphatic carbocycles. The van der Waals surface area contributed by atoms with Gasteiger partial charge in [0.1, 0.15) is 0 Å². The lowest BCUT2D eigenvalue weighted by Gasteiger charge is -2.35. The molecular formula is C22H25NO. The maximum atomic E-state index is 11.7. The molecule has 2 heteroatoms. The van der Waals surface area contributed by atoms with Crippen LogP contribution >= 0.6 is 0 Å². The predicted octanol–water partition coefficient (Wildman–Crippen LogP) is 4.78. The lowest BCUT2D eigenvalue weighted by atomic mass is 9.69. The average Bonchev–Trinajstić information content (AvgIpc) is 2.59. The fourth-order valence-corrected chi connectivity index (χ4v) is 4.31. The van der Waals surface area contributed by atoms with Crippen LogP contribution in [0.1, 0.15) is 37.7 Å². The Kier molecular flexibility index (Phi) is 3.91. The number of anilines is 1. The van der Waals surface area contributed by atoms with Gasteiger partial charge in [-0.05, 0) is 78.0 Å². The van der Waals surface area contributed by atoms with Crippen molar-refractivity contribution in [2.24, 2.45) is 11.8 Å². The van der Waals surface area contributed by atoms with Crippen molar-refractivity contribution in [2.75, 3.05) is 19.0 Å². The van der Waals surface area contributed by atoms with Gasteiger partial charge < -0.3 is 4.90 Å². The second-order valence-corrected chi connectivity index (χ2v) is 7.57. The van der Waals surface area contributed by atoms with Crippen LogP contribution in [0.2, 0.25) is 0 Å². The number of ketones is 1. The molecule has 0 heterocycles. The number of nitrogens with zero attached hydrogens (tertiary/aromatic N) is 1. The zero-order valence-electron chi connectivity index (χ0n) is 14.6. The number of hydrogen-bond donors (Lipinski definition) is 0. The largest absolute Gasteiger partial charge is 0.378 e. The van der Waals surface area contributed by atoms with E-state index in [0.717, 1.165) is 19.3 Å². The van der Waals surface area contributed by atoms with Crippen molar-refractivity contribution in [3.05, 3.63) is 59.2 Å². The van der Waals surface area contributed by atoms with Gasteiger partial charge in [-0.25, -0.2) is 0 Å². The minimum Gasteiger partial charge on any atom is -0.378 e. The smallest absolute Gasteiger partial charge is 0.155 e. The van der Waals surface area contributed by atoms with Crippen LogP contribution < -0.4 is 4.90 Å². The van der Waals surface area contributed by atoms with Crippen LogP contribution in [0.5, 0.6) is 0 Å². The summed E-state index contributed by atoms with van der Waals surface area (Å²) >= 11 is 0. The van der Waals surface area contributed by atoms with Gasteiger partial charge in [0, 0.05) is 26.2 Å². The monoisotopic (exact) mass is 319 g/mol. The van der Waals surface area contributed by atoms with Gasteiger partial charge in [0.25, 0.3) is 0 Å². The number of carbonyl (C=O) groups is 1. The molecule has 0 bridgehead atoms. The van der Waals surface area contributed by atoms with Gasteiger partial charge in [-0.2, -0.15) is 0 Å². The summed E-state index contributed by atoms with van der Waals surface area (Å²) < 4.78 is 0. The maximum Gasteiger partial charge on any atom is 0.155 e. The Hall–Kier alpha value is -2.09. The first-order valence-electron chi connectivity index (χ1n) is 9.04. The third-order valence-corrected chi connectivity index (χ3v) is 5.77. The minimum atomic E-state index is 0.302. The van der Waals surface area contributed by atoms with Crippen molar-refractivity contribution in [2.45, 2.75) is 32.1 Å². The highest BCUT2D eigenvalue weighted by Gasteiger charge is 2.31. The molecule has 124 valence electrons. The Balaban J connectivity index is 1.64. The molecule has 2 unspecified atom stereocenters. The van der Waals surface area contributed by atoms with Gasteiger partial charge in [-0.3, -0.25) is 4.79 Å². The SMILES string of the molecule is CN(C)c1ccc(C2=CC3=CC4=CC(=O)CCC4CC3CC2)cc1. The lowest BCUT2D eigenvalue weighted by molar-refractivity contribution is -0.115. The molecule has 0 saturated heterocycles. The zero-order chi connectivity index (χ0) is 16.7. The van der Waals surface area contributed by atoms with Crippen molar-refractivity contribution < 1.29 is 4.79 Å². The molecule has 0 aromatic heterocycles. The Morgan fingerprint density at radius 2 is 1.54 bits per heavy atom. The molecule has 2 atom stereocenters. The van der Waals surface area contributed by atoms with E-state index in [0.29, 0.717) is 17.6 Å². The second kappa shape index (κ2) is 6.08. The minimum absolute atomic E-state index is 0.302. The van der Waals surface area contributed by atoms with E-state index in [4.69, 9.17) is 0 Å². The quantitative estimate of drug-likeness (QED) is 0.782. The summed E-state index contributed by atoms with van der Waals surface area (Å²) in [7, 11) is 4.14. The van der Waals surface area contributed by atoms with Crippen LogP contribution in [0.4, 0.5) is 5.69 Å². The molecule has 0 saturated carbocycles. The van der Waals surface area contributed by atoms with Crippen molar-refractivity contribution in [1.29, 1.82) is 0 Å². The Labute approximate surface area is 144 Å². The number of rotatable bonds is 2. The van der Waals surface area contributed by atoms with E-state index in [2.05, 4.69) is 55.4 Å². The molecule has 24 heavy (non-hydrogen) atoms. The van der Waals surface area contributed by atoms with Crippen molar-refractivity contribution >= 4 is 17.0 Å². The van der Waals surface area contributed by atoms with Gasteiger partial charge >= 0.3 is 0 Å². The number of fused-ring (bicyclic) bond motifs is 2. The first-order chi connectivity index (χ1) is 11.6. The number of carbonyl (C=O) groups excluding carboxylic acids is 1. The Morgan fingerprint density at radius 3 is 2.25 bits per heavy atom. The standard InChI is InChI=1S/C22H25NO/c1-23(2)21-8-5-15(6-9-21)16-3-4-17-11-18-7-10-22(24)14-20(18)13-19(17)12-16/h5-6,8-9,12-14,17-18H,3-4,7,10-11H2,1-2H3. The van der Waals surface area contributed by atoms with E-state index in [1.807, 2.05) is 6.08 Å². The normalized spacial score (nSPS) is 25.9. The molecule has 1 aromatic rings. The summed E-state index contributed by atoms with van der Waals surface area (Å²) in [6.45, 7) is 0. The molecule has 0 amide bonds. The summed E-state index contributed by atoms with van der Waals surface area (Å²) in [5.41, 5.74) is 6.71. The number of allylic oxidation sites excluding steroid dienone is 6. The number of hydrogen-bond acceptors (Lipinski definition) is 2. The summed E-state index contributed by atoms with van der Waals surface area (Å²) in [4.78, 5) is 13.9. The van der Waals surface area contributed by atoms with E-state index in [-0.39, 0.29) is 0 Å². The molecule has 0 spiro atoms. The van der Waals surface area contributed by atoms with Crippen molar-refractivity contribution in [1.82, 2.24) is 0 Å². The molecule has 0 aliphatic heterocycles. The Morgan fingerprint density at radius 1 is 0.875 bits per heavy atom. The Bertz CT molecular complexity index is 749. The second-order valence-electron chi connectivity index (χ2n) is 7.57. The third-order valence-electron chi connectivity index (χ3n) is 5.77. The van der Waals surface area contributed by atoms with Crippen LogP contribution in [0.3, 0.4) is 0 Å². The summed E-state index contributed by atoms with van der Waals surface area (Å²) in [6, 6.07) is 8.85.